The van der Waals surface area contributed by atoms with Crippen molar-refractivity contribution < 1.29 is 4.74 Å². The molecule has 0 aliphatic rings. The second kappa shape index (κ2) is 7.08. The van der Waals surface area contributed by atoms with Gasteiger partial charge in [-0.1, -0.05) is 47.6 Å². The van der Waals surface area contributed by atoms with Crippen LogP contribution in [-0.4, -0.2) is 11.6 Å². The van der Waals surface area contributed by atoms with Gasteiger partial charge in [0.15, 0.2) is 0 Å². The van der Waals surface area contributed by atoms with E-state index in [-0.39, 0.29) is 16.9 Å². The Labute approximate surface area is 156 Å². The van der Waals surface area contributed by atoms with Gasteiger partial charge in [0.05, 0.1) is 18.3 Å². The van der Waals surface area contributed by atoms with Crippen LogP contribution in [0.15, 0.2) is 17.5 Å². The Morgan fingerprint density at radius 3 is 2.20 bits per heavy atom. The largest absolute Gasteiger partial charge is 0.493 e. The van der Waals surface area contributed by atoms with E-state index < -0.39 is 0 Å². The van der Waals surface area contributed by atoms with Gasteiger partial charge in [-0.15, -0.1) is 11.3 Å². The first-order chi connectivity index (χ1) is 11.4. The first kappa shape index (κ1) is 19.9. The molecule has 0 saturated heterocycles. The Balaban J connectivity index is 2.78. The van der Waals surface area contributed by atoms with Crippen LogP contribution < -0.4 is 10.5 Å². The zero-order chi connectivity index (χ0) is 19.0. The van der Waals surface area contributed by atoms with Gasteiger partial charge >= 0.3 is 0 Å². The predicted molar refractivity (Wildman–Crippen MR) is 109 cm³/mol. The molecule has 1 unspecified atom stereocenters. The van der Waals surface area contributed by atoms with Crippen LogP contribution in [0.4, 0.5) is 0 Å². The number of ether oxygens (including phenoxy) is 1. The zero-order valence-electron chi connectivity index (χ0n) is 16.9. The van der Waals surface area contributed by atoms with Crippen LogP contribution in [0.5, 0.6) is 5.75 Å². The van der Waals surface area contributed by atoms with Crippen molar-refractivity contribution in [3.63, 3.8) is 0 Å². The summed E-state index contributed by atoms with van der Waals surface area (Å²) in [4.78, 5) is 4.78. The summed E-state index contributed by atoms with van der Waals surface area (Å²) in [6.45, 7) is 18.1. The van der Waals surface area contributed by atoms with Crippen LogP contribution in [0.25, 0.3) is 11.3 Å². The molecule has 0 aliphatic carbocycles. The highest BCUT2D eigenvalue weighted by molar-refractivity contribution is 7.10. The molecule has 4 heteroatoms. The number of aromatic nitrogens is 1. The molecule has 2 rings (SSSR count). The van der Waals surface area contributed by atoms with E-state index in [1.54, 1.807) is 11.3 Å². The number of nitrogens with zero attached hydrogens (tertiary/aromatic N) is 1. The lowest BCUT2D eigenvalue weighted by Crippen LogP contribution is -2.18. The summed E-state index contributed by atoms with van der Waals surface area (Å²) in [5.74, 6) is 0.949. The molecule has 1 aromatic carbocycles. The standard InChI is InChI=1S/C21H32N2OS/c1-9-24-18-15(17-12-25-19(23-17)13(2)22)10-14(20(3,4)5)11-16(18)21(6,7)8/h10-13H,9,22H2,1-8H3. The molecule has 0 bridgehead atoms. The van der Waals surface area contributed by atoms with Crippen molar-refractivity contribution in [3.05, 3.63) is 33.6 Å². The van der Waals surface area contributed by atoms with Crippen molar-refractivity contribution in [1.82, 2.24) is 4.98 Å². The second-order valence-corrected chi connectivity index (χ2v) is 9.58. The molecular formula is C21H32N2OS. The summed E-state index contributed by atoms with van der Waals surface area (Å²) < 4.78 is 6.12. The van der Waals surface area contributed by atoms with E-state index in [2.05, 4.69) is 59.1 Å². The highest BCUT2D eigenvalue weighted by Crippen LogP contribution is 2.43. The van der Waals surface area contributed by atoms with Gasteiger partial charge in [-0.2, -0.15) is 0 Å². The lowest BCUT2D eigenvalue weighted by atomic mass is 9.78. The van der Waals surface area contributed by atoms with Crippen molar-refractivity contribution in [2.24, 2.45) is 5.73 Å². The van der Waals surface area contributed by atoms with E-state index in [4.69, 9.17) is 15.5 Å². The van der Waals surface area contributed by atoms with Gasteiger partial charge in [0.2, 0.25) is 0 Å². The van der Waals surface area contributed by atoms with E-state index in [0.717, 1.165) is 22.0 Å². The molecule has 25 heavy (non-hydrogen) atoms. The van der Waals surface area contributed by atoms with Crippen molar-refractivity contribution >= 4 is 11.3 Å². The monoisotopic (exact) mass is 360 g/mol. The fourth-order valence-electron chi connectivity index (χ4n) is 2.73. The molecule has 1 heterocycles. The van der Waals surface area contributed by atoms with Crippen molar-refractivity contribution in [2.45, 2.75) is 72.3 Å². The highest BCUT2D eigenvalue weighted by Gasteiger charge is 2.27. The first-order valence-electron chi connectivity index (χ1n) is 8.98. The molecule has 138 valence electrons. The average molecular weight is 361 g/mol. The van der Waals surface area contributed by atoms with Crippen LogP contribution in [0, 0.1) is 0 Å². The molecule has 0 spiro atoms. The number of hydrogen-bond acceptors (Lipinski definition) is 4. The lowest BCUT2D eigenvalue weighted by molar-refractivity contribution is 0.330. The van der Waals surface area contributed by atoms with Crippen LogP contribution in [0.3, 0.4) is 0 Å². The Bertz CT molecular complexity index is 733. The van der Waals surface area contributed by atoms with Gasteiger partial charge in [0.1, 0.15) is 10.8 Å². The van der Waals surface area contributed by atoms with Crippen molar-refractivity contribution in [2.75, 3.05) is 6.61 Å². The Morgan fingerprint density at radius 2 is 1.76 bits per heavy atom. The number of hydrogen-bond donors (Lipinski definition) is 1. The first-order valence-corrected chi connectivity index (χ1v) is 9.86. The summed E-state index contributed by atoms with van der Waals surface area (Å²) in [5, 5.41) is 3.05. The third-order valence-electron chi connectivity index (χ3n) is 4.24. The zero-order valence-corrected chi connectivity index (χ0v) is 17.7. The fraction of sp³-hybridized carbons (Fsp3) is 0.571. The summed E-state index contributed by atoms with van der Waals surface area (Å²) >= 11 is 1.61. The van der Waals surface area contributed by atoms with Crippen molar-refractivity contribution in [1.29, 1.82) is 0 Å². The molecule has 0 amide bonds. The minimum absolute atomic E-state index is 0.0134. The average Bonchev–Trinajstić information content (AvgIpc) is 2.95. The summed E-state index contributed by atoms with van der Waals surface area (Å²) in [5.41, 5.74) is 10.6. The van der Waals surface area contributed by atoms with E-state index in [1.807, 2.05) is 13.8 Å². The molecule has 1 aromatic heterocycles. The second-order valence-electron chi connectivity index (χ2n) is 8.69. The third kappa shape index (κ3) is 4.42. The summed E-state index contributed by atoms with van der Waals surface area (Å²) in [6, 6.07) is 4.48. The van der Waals surface area contributed by atoms with Crippen molar-refractivity contribution in [3.8, 4) is 17.0 Å². The number of thiazole rings is 1. The Morgan fingerprint density at radius 1 is 1.12 bits per heavy atom. The molecular weight excluding hydrogens is 328 g/mol. The van der Waals surface area contributed by atoms with Crippen LogP contribution in [0.2, 0.25) is 0 Å². The minimum atomic E-state index is -0.0535. The Kier molecular flexibility index (Phi) is 5.65. The van der Waals surface area contributed by atoms with E-state index in [1.165, 1.54) is 11.1 Å². The molecule has 3 nitrogen and oxygen atoms in total. The Hall–Kier alpha value is -1.39. The van der Waals surface area contributed by atoms with E-state index >= 15 is 0 Å². The number of benzene rings is 1. The molecule has 0 aliphatic heterocycles. The van der Waals surface area contributed by atoms with Gasteiger partial charge in [0.25, 0.3) is 0 Å². The molecule has 1 atom stereocenters. The van der Waals surface area contributed by atoms with Gasteiger partial charge in [-0.05, 0) is 36.3 Å². The van der Waals surface area contributed by atoms with E-state index in [0.29, 0.717) is 6.61 Å². The van der Waals surface area contributed by atoms with Crippen LogP contribution in [0.1, 0.15) is 77.6 Å². The maximum atomic E-state index is 6.12. The normalized spacial score (nSPS) is 13.8. The molecule has 2 N–H and O–H groups in total. The molecule has 0 radical (unpaired) electrons. The fourth-order valence-corrected chi connectivity index (χ4v) is 3.51. The summed E-state index contributed by atoms with van der Waals surface area (Å²) in [7, 11) is 0. The maximum Gasteiger partial charge on any atom is 0.132 e. The van der Waals surface area contributed by atoms with Gasteiger partial charge in [-0.3, -0.25) is 0 Å². The lowest BCUT2D eigenvalue weighted by Gasteiger charge is -2.29. The predicted octanol–water partition coefficient (Wildman–Crippen LogP) is 5.82. The maximum absolute atomic E-state index is 6.12. The van der Waals surface area contributed by atoms with Gasteiger partial charge in [0, 0.05) is 16.5 Å². The van der Waals surface area contributed by atoms with Crippen LogP contribution >= 0.6 is 11.3 Å². The SMILES string of the molecule is CCOc1c(-c2csc(C(C)N)n2)cc(C(C)(C)C)cc1C(C)(C)C. The van der Waals surface area contributed by atoms with Gasteiger partial charge < -0.3 is 10.5 Å². The third-order valence-corrected chi connectivity index (χ3v) is 5.28. The van der Waals surface area contributed by atoms with Gasteiger partial charge in [-0.25, -0.2) is 4.98 Å². The smallest absolute Gasteiger partial charge is 0.132 e. The molecule has 0 fully saturated rings. The summed E-state index contributed by atoms with van der Waals surface area (Å²) in [6.07, 6.45) is 0. The van der Waals surface area contributed by atoms with E-state index in [9.17, 15) is 0 Å². The highest BCUT2D eigenvalue weighted by atomic mass is 32.1. The number of nitrogens with two attached hydrogens (primary N) is 1. The molecule has 0 saturated carbocycles. The minimum Gasteiger partial charge on any atom is -0.493 e. The van der Waals surface area contributed by atoms with Crippen LogP contribution in [-0.2, 0) is 10.8 Å². The topological polar surface area (TPSA) is 48.1 Å². The quantitative estimate of drug-likeness (QED) is 0.747. The molecule has 2 aromatic rings. The number of rotatable bonds is 4.